The number of benzene rings is 3. The van der Waals surface area contributed by atoms with Crippen molar-refractivity contribution in [2.24, 2.45) is 0 Å². The molecule has 32 heavy (non-hydrogen) atoms. The van der Waals surface area contributed by atoms with Crippen molar-refractivity contribution in [1.29, 1.82) is 0 Å². The van der Waals surface area contributed by atoms with Crippen LogP contribution in [-0.2, 0) is 9.22 Å². The van der Waals surface area contributed by atoms with Gasteiger partial charge in [0.15, 0.2) is 0 Å². The molecule has 3 aromatic rings. The zero-order valence-electron chi connectivity index (χ0n) is 17.0. The van der Waals surface area contributed by atoms with Crippen LogP contribution in [-0.4, -0.2) is 13.5 Å². The molecule has 2 N–H and O–H groups in total. The van der Waals surface area contributed by atoms with Gasteiger partial charge in [0.2, 0.25) is 0 Å². The Morgan fingerprint density at radius 3 is 1.97 bits per heavy atom. The predicted octanol–water partition coefficient (Wildman–Crippen LogP) is 7.09. The first-order valence-electron chi connectivity index (χ1n) is 9.41. The van der Waals surface area contributed by atoms with Gasteiger partial charge in [-0.15, -0.1) is 18.1 Å². The van der Waals surface area contributed by atoms with Crippen molar-refractivity contribution in [3.8, 4) is 5.75 Å². The molecular formula is C24H20F3NO3S. The van der Waals surface area contributed by atoms with E-state index in [-0.39, 0.29) is 0 Å². The number of rotatable bonds is 8. The molecule has 3 rings (SSSR count). The second kappa shape index (κ2) is 10.9. The zero-order valence-corrected chi connectivity index (χ0v) is 17.8. The first-order valence-corrected chi connectivity index (χ1v) is 10.2. The molecular weight excluding hydrogens is 439 g/mol. The van der Waals surface area contributed by atoms with Gasteiger partial charge in [-0.1, -0.05) is 60.7 Å². The van der Waals surface area contributed by atoms with Crippen LogP contribution in [0.15, 0.2) is 71.6 Å². The van der Waals surface area contributed by atoms with Crippen molar-refractivity contribution < 1.29 is 27.1 Å². The van der Waals surface area contributed by atoms with Crippen LogP contribution in [0, 0.1) is 0 Å². The van der Waals surface area contributed by atoms with E-state index in [0.29, 0.717) is 22.6 Å². The summed E-state index contributed by atoms with van der Waals surface area (Å²) in [5.74, 6) is 0.729. The Bertz CT molecular complexity index is 1080. The lowest BCUT2D eigenvalue weighted by atomic mass is 10.1. The summed E-state index contributed by atoms with van der Waals surface area (Å²) in [6.45, 7) is 0. The maximum absolute atomic E-state index is 11.9. The number of nitrogens with two attached hydrogens (primary N) is 1. The summed E-state index contributed by atoms with van der Waals surface area (Å²) in [5.41, 5.74) is 10.2. The Morgan fingerprint density at radius 2 is 1.34 bits per heavy atom. The topological polar surface area (TPSA) is 53.7 Å². The van der Waals surface area contributed by atoms with Gasteiger partial charge in [0, 0.05) is 16.1 Å². The standard InChI is InChI=1S/C24H20F3NO3S/c1-29-23-16-19(5-11-20(23)10-4-18-6-12-21(28)13-7-18)3-2-17-8-14-22(15-9-17)32-31-30-24(25,26)27/h2-16H,28H2,1H3/b3-2+,10-4+. The fourth-order valence-corrected chi connectivity index (χ4v) is 3.12. The average molecular weight is 459 g/mol. The molecule has 0 aliphatic heterocycles. The molecule has 0 saturated heterocycles. The highest BCUT2D eigenvalue weighted by Gasteiger charge is 2.31. The zero-order chi connectivity index (χ0) is 23.0. The van der Waals surface area contributed by atoms with E-state index in [4.69, 9.17) is 10.5 Å². The minimum atomic E-state index is -4.84. The summed E-state index contributed by atoms with van der Waals surface area (Å²) in [6, 6.07) is 20.2. The molecule has 0 fully saturated rings. The van der Waals surface area contributed by atoms with E-state index in [1.807, 2.05) is 66.8 Å². The van der Waals surface area contributed by atoms with Gasteiger partial charge in [-0.3, -0.25) is 0 Å². The van der Waals surface area contributed by atoms with Crippen LogP contribution >= 0.6 is 12.0 Å². The molecule has 0 aliphatic rings. The lowest BCUT2D eigenvalue weighted by Gasteiger charge is -2.06. The molecule has 0 unspecified atom stereocenters. The van der Waals surface area contributed by atoms with Gasteiger partial charge in [0.1, 0.15) is 5.75 Å². The molecule has 0 bridgehead atoms. The minimum absolute atomic E-state index is 0.477. The first-order chi connectivity index (χ1) is 15.3. The Hall–Kier alpha value is -3.20. The summed E-state index contributed by atoms with van der Waals surface area (Å²) in [6.07, 6.45) is 2.93. The van der Waals surface area contributed by atoms with E-state index in [0.717, 1.165) is 28.0 Å². The number of nitrogen functional groups attached to an aromatic ring is 1. The van der Waals surface area contributed by atoms with Crippen molar-refractivity contribution in [2.75, 3.05) is 12.8 Å². The largest absolute Gasteiger partial charge is 0.550 e. The molecule has 0 amide bonds. The highest BCUT2D eigenvalue weighted by Crippen LogP contribution is 2.26. The van der Waals surface area contributed by atoms with Crippen molar-refractivity contribution in [3.05, 3.63) is 89.0 Å². The second-order valence-corrected chi connectivity index (χ2v) is 7.36. The highest BCUT2D eigenvalue weighted by atomic mass is 32.2. The van der Waals surface area contributed by atoms with Crippen LogP contribution in [0.1, 0.15) is 22.3 Å². The number of ether oxygens (including phenoxy) is 1. The van der Waals surface area contributed by atoms with Crippen molar-refractivity contribution in [3.63, 3.8) is 0 Å². The smallest absolute Gasteiger partial charge is 0.496 e. The van der Waals surface area contributed by atoms with Crippen molar-refractivity contribution in [1.82, 2.24) is 0 Å². The lowest BCUT2D eigenvalue weighted by Crippen LogP contribution is -2.11. The Kier molecular flexibility index (Phi) is 7.99. The van der Waals surface area contributed by atoms with Crippen molar-refractivity contribution in [2.45, 2.75) is 11.3 Å². The fourth-order valence-electron chi connectivity index (χ4n) is 2.68. The molecule has 0 saturated carbocycles. The Morgan fingerprint density at radius 1 is 0.781 bits per heavy atom. The number of hydrogen-bond acceptors (Lipinski definition) is 5. The van der Waals surface area contributed by atoms with Gasteiger partial charge < -0.3 is 10.5 Å². The van der Waals surface area contributed by atoms with Gasteiger partial charge in [-0.05, 0) is 47.0 Å². The summed E-state index contributed by atoms with van der Waals surface area (Å²) in [5, 5.41) is 0. The molecule has 4 nitrogen and oxygen atoms in total. The minimum Gasteiger partial charge on any atom is -0.496 e. The van der Waals surface area contributed by atoms with Crippen LogP contribution in [0.4, 0.5) is 18.9 Å². The normalized spacial score (nSPS) is 12.0. The quantitative estimate of drug-likeness (QED) is 0.128. The summed E-state index contributed by atoms with van der Waals surface area (Å²) in [7, 11) is 1.62. The number of methoxy groups -OCH3 is 1. The van der Waals surface area contributed by atoms with Gasteiger partial charge in [-0.2, -0.15) is 4.33 Å². The second-order valence-electron chi connectivity index (χ2n) is 6.58. The molecule has 0 atom stereocenters. The molecule has 0 aliphatic carbocycles. The van der Waals surface area contributed by atoms with Crippen LogP contribution in [0.2, 0.25) is 0 Å². The average Bonchev–Trinajstić information content (AvgIpc) is 2.77. The van der Waals surface area contributed by atoms with Gasteiger partial charge in [0.05, 0.1) is 19.2 Å². The lowest BCUT2D eigenvalue weighted by molar-refractivity contribution is -0.440. The molecule has 0 heterocycles. The maximum Gasteiger partial charge on any atom is 0.550 e. The van der Waals surface area contributed by atoms with Gasteiger partial charge in [0.25, 0.3) is 0 Å². The molecule has 8 heteroatoms. The maximum atomic E-state index is 11.9. The van der Waals surface area contributed by atoms with Crippen molar-refractivity contribution >= 4 is 42.0 Å². The number of alkyl halides is 3. The molecule has 0 aromatic heterocycles. The van der Waals surface area contributed by atoms with E-state index in [1.165, 1.54) is 0 Å². The summed E-state index contributed by atoms with van der Waals surface area (Å²) >= 11 is 0.485. The highest BCUT2D eigenvalue weighted by molar-refractivity contribution is 7.94. The summed E-state index contributed by atoms with van der Waals surface area (Å²) < 4.78 is 45.3. The number of hydrogen-bond donors (Lipinski definition) is 1. The third-order valence-electron chi connectivity index (χ3n) is 4.26. The SMILES string of the molecule is COc1cc(/C=C/c2ccc(SOOC(F)(F)F)cc2)ccc1/C=C/c1ccc(N)cc1. The molecule has 0 radical (unpaired) electrons. The van der Waals surface area contributed by atoms with E-state index in [2.05, 4.69) is 9.22 Å². The fraction of sp³-hybridized carbons (Fsp3) is 0.0833. The van der Waals surface area contributed by atoms with Gasteiger partial charge in [-0.25, -0.2) is 0 Å². The predicted molar refractivity (Wildman–Crippen MR) is 122 cm³/mol. The van der Waals surface area contributed by atoms with Crippen LogP contribution in [0.3, 0.4) is 0 Å². The summed E-state index contributed by atoms with van der Waals surface area (Å²) in [4.78, 5) is 3.75. The molecule has 166 valence electrons. The Labute approximate surface area is 188 Å². The van der Waals surface area contributed by atoms with E-state index >= 15 is 0 Å². The monoisotopic (exact) mass is 459 g/mol. The Balaban J connectivity index is 1.63. The number of anilines is 1. The van der Waals surface area contributed by atoms with E-state index in [1.54, 1.807) is 31.4 Å². The molecule has 0 spiro atoms. The van der Waals surface area contributed by atoms with Crippen LogP contribution in [0.5, 0.6) is 5.75 Å². The van der Waals surface area contributed by atoms with E-state index < -0.39 is 6.36 Å². The third kappa shape index (κ3) is 7.49. The number of halogens is 3. The van der Waals surface area contributed by atoms with Crippen LogP contribution in [0.25, 0.3) is 24.3 Å². The molecule has 3 aromatic carbocycles. The third-order valence-corrected chi connectivity index (χ3v) is 4.86. The first kappa shape index (κ1) is 23.5. The van der Waals surface area contributed by atoms with Crippen LogP contribution < -0.4 is 10.5 Å². The van der Waals surface area contributed by atoms with Gasteiger partial charge >= 0.3 is 6.36 Å². The van der Waals surface area contributed by atoms with E-state index in [9.17, 15) is 13.2 Å².